The van der Waals surface area contributed by atoms with Crippen molar-refractivity contribution in [3.05, 3.63) is 34.2 Å². The van der Waals surface area contributed by atoms with Gasteiger partial charge in [0.15, 0.2) is 0 Å². The maximum Gasteiger partial charge on any atom is 0.142 e. The van der Waals surface area contributed by atoms with E-state index in [9.17, 15) is 0 Å². The van der Waals surface area contributed by atoms with Crippen LogP contribution in [0.5, 0.6) is 0 Å². The zero-order valence-corrected chi connectivity index (χ0v) is 12.9. The zero-order chi connectivity index (χ0) is 13.5. The van der Waals surface area contributed by atoms with Gasteiger partial charge in [0, 0.05) is 17.2 Å². The SMILES string of the molecule is Cc1ncn(-c2cc(Br)nc(C(C)(C)C)n2)c1C. The molecular weight excluding hydrogens is 292 g/mol. The minimum atomic E-state index is -0.0813. The molecular formula is C13H17BrN4. The second-order valence-electron chi connectivity index (χ2n) is 5.41. The molecule has 5 heteroatoms. The minimum absolute atomic E-state index is 0.0813. The molecule has 96 valence electrons. The lowest BCUT2D eigenvalue weighted by atomic mass is 9.96. The van der Waals surface area contributed by atoms with Gasteiger partial charge >= 0.3 is 0 Å². The van der Waals surface area contributed by atoms with Crippen molar-refractivity contribution in [1.29, 1.82) is 0 Å². The van der Waals surface area contributed by atoms with Gasteiger partial charge in [-0.1, -0.05) is 20.8 Å². The number of rotatable bonds is 1. The Kier molecular flexibility index (Phi) is 3.27. The van der Waals surface area contributed by atoms with Crippen LogP contribution in [0.25, 0.3) is 5.82 Å². The highest BCUT2D eigenvalue weighted by atomic mass is 79.9. The highest BCUT2D eigenvalue weighted by Crippen LogP contribution is 2.23. The van der Waals surface area contributed by atoms with Crippen molar-refractivity contribution >= 4 is 15.9 Å². The quantitative estimate of drug-likeness (QED) is 0.759. The smallest absolute Gasteiger partial charge is 0.142 e. The van der Waals surface area contributed by atoms with Gasteiger partial charge in [0.2, 0.25) is 0 Å². The predicted molar refractivity (Wildman–Crippen MR) is 75.0 cm³/mol. The Labute approximate surface area is 116 Å². The molecule has 2 aromatic heterocycles. The van der Waals surface area contributed by atoms with E-state index in [4.69, 9.17) is 0 Å². The fraction of sp³-hybridized carbons (Fsp3) is 0.462. The first kappa shape index (κ1) is 13.2. The summed E-state index contributed by atoms with van der Waals surface area (Å²) < 4.78 is 2.78. The van der Waals surface area contributed by atoms with Crippen LogP contribution < -0.4 is 0 Å². The van der Waals surface area contributed by atoms with E-state index < -0.39 is 0 Å². The molecule has 0 aromatic carbocycles. The van der Waals surface area contributed by atoms with Gasteiger partial charge < -0.3 is 0 Å². The van der Waals surface area contributed by atoms with Gasteiger partial charge in [-0.3, -0.25) is 4.57 Å². The minimum Gasteiger partial charge on any atom is -0.287 e. The molecule has 4 nitrogen and oxygen atoms in total. The van der Waals surface area contributed by atoms with Crippen LogP contribution in [-0.2, 0) is 5.41 Å². The number of halogens is 1. The van der Waals surface area contributed by atoms with E-state index in [1.165, 1.54) is 0 Å². The Morgan fingerprint density at radius 2 is 1.83 bits per heavy atom. The zero-order valence-electron chi connectivity index (χ0n) is 11.3. The molecule has 2 heterocycles. The molecule has 0 atom stereocenters. The molecule has 0 amide bonds. The summed E-state index contributed by atoms with van der Waals surface area (Å²) in [4.78, 5) is 13.4. The van der Waals surface area contributed by atoms with Crippen molar-refractivity contribution in [2.24, 2.45) is 0 Å². The van der Waals surface area contributed by atoms with E-state index >= 15 is 0 Å². The Morgan fingerprint density at radius 1 is 1.17 bits per heavy atom. The normalized spacial score (nSPS) is 11.9. The van der Waals surface area contributed by atoms with Crippen LogP contribution in [0, 0.1) is 13.8 Å². The highest BCUT2D eigenvalue weighted by molar-refractivity contribution is 9.10. The van der Waals surface area contributed by atoms with E-state index in [0.29, 0.717) is 0 Å². The first-order chi connectivity index (χ1) is 8.29. The van der Waals surface area contributed by atoms with Crippen LogP contribution in [0.15, 0.2) is 17.0 Å². The molecule has 0 N–H and O–H groups in total. The molecule has 0 bridgehead atoms. The van der Waals surface area contributed by atoms with E-state index in [1.54, 1.807) is 6.33 Å². The molecule has 0 aliphatic heterocycles. The molecule has 0 spiro atoms. The lowest BCUT2D eigenvalue weighted by molar-refractivity contribution is 0.541. The van der Waals surface area contributed by atoms with Crippen molar-refractivity contribution < 1.29 is 0 Å². The van der Waals surface area contributed by atoms with Gasteiger partial charge in [0.05, 0.1) is 5.69 Å². The summed E-state index contributed by atoms with van der Waals surface area (Å²) in [5.74, 6) is 1.66. The maximum atomic E-state index is 4.63. The average Bonchev–Trinajstić information content (AvgIpc) is 2.58. The predicted octanol–water partition coefficient (Wildman–Crippen LogP) is 3.34. The molecule has 2 aromatic rings. The summed E-state index contributed by atoms with van der Waals surface area (Å²) in [7, 11) is 0. The third kappa shape index (κ3) is 2.46. The van der Waals surface area contributed by atoms with Gasteiger partial charge in [-0.15, -0.1) is 0 Å². The Morgan fingerprint density at radius 3 is 2.33 bits per heavy atom. The monoisotopic (exact) mass is 308 g/mol. The van der Waals surface area contributed by atoms with Gasteiger partial charge in [-0.2, -0.15) is 0 Å². The largest absolute Gasteiger partial charge is 0.287 e. The molecule has 18 heavy (non-hydrogen) atoms. The van der Waals surface area contributed by atoms with Gasteiger partial charge in [0.25, 0.3) is 0 Å². The number of hydrogen-bond acceptors (Lipinski definition) is 3. The lowest BCUT2D eigenvalue weighted by Crippen LogP contribution is -2.17. The lowest BCUT2D eigenvalue weighted by Gasteiger charge is -2.18. The van der Waals surface area contributed by atoms with Crippen LogP contribution in [-0.4, -0.2) is 19.5 Å². The Hall–Kier alpha value is -1.23. The number of nitrogens with zero attached hydrogens (tertiary/aromatic N) is 4. The summed E-state index contributed by atoms with van der Waals surface area (Å²) in [5, 5.41) is 0. The first-order valence-electron chi connectivity index (χ1n) is 5.85. The molecule has 0 radical (unpaired) electrons. The molecule has 0 saturated heterocycles. The van der Waals surface area contributed by atoms with Crippen LogP contribution in [0.3, 0.4) is 0 Å². The Bertz CT molecular complexity index is 581. The second-order valence-corrected chi connectivity index (χ2v) is 6.22. The number of hydrogen-bond donors (Lipinski definition) is 0. The van der Waals surface area contributed by atoms with Crippen LogP contribution in [0.4, 0.5) is 0 Å². The maximum absolute atomic E-state index is 4.63. The number of imidazole rings is 1. The van der Waals surface area contributed by atoms with Gasteiger partial charge in [-0.05, 0) is 29.8 Å². The first-order valence-corrected chi connectivity index (χ1v) is 6.64. The molecule has 0 fully saturated rings. The summed E-state index contributed by atoms with van der Waals surface area (Å²) in [5.41, 5.74) is 2.03. The van der Waals surface area contributed by atoms with Crippen molar-refractivity contribution in [3.63, 3.8) is 0 Å². The molecule has 0 aliphatic carbocycles. The van der Waals surface area contributed by atoms with E-state index in [-0.39, 0.29) is 5.41 Å². The van der Waals surface area contributed by atoms with Crippen molar-refractivity contribution in [1.82, 2.24) is 19.5 Å². The average molecular weight is 309 g/mol. The standard InChI is InChI=1S/C13H17BrN4/c1-8-9(2)18(7-15-8)11-6-10(14)16-12(17-11)13(3,4)5/h6-7H,1-5H3. The number of aryl methyl sites for hydroxylation is 1. The summed E-state index contributed by atoms with van der Waals surface area (Å²) in [6, 6.07) is 1.91. The fourth-order valence-corrected chi connectivity index (χ4v) is 1.97. The highest BCUT2D eigenvalue weighted by Gasteiger charge is 2.19. The van der Waals surface area contributed by atoms with Gasteiger partial charge in [-0.25, -0.2) is 15.0 Å². The summed E-state index contributed by atoms with van der Waals surface area (Å²) in [6.45, 7) is 10.3. The number of aromatic nitrogens is 4. The third-order valence-corrected chi connectivity index (χ3v) is 3.26. The van der Waals surface area contributed by atoms with Crippen molar-refractivity contribution in [2.75, 3.05) is 0 Å². The molecule has 2 rings (SSSR count). The molecule has 0 saturated carbocycles. The van der Waals surface area contributed by atoms with Crippen LogP contribution in [0.1, 0.15) is 38.0 Å². The van der Waals surface area contributed by atoms with Crippen LogP contribution >= 0.6 is 15.9 Å². The second kappa shape index (κ2) is 4.46. The Balaban J connectivity index is 2.59. The van der Waals surface area contributed by atoms with E-state index in [0.717, 1.165) is 27.6 Å². The summed E-state index contributed by atoms with van der Waals surface area (Å²) >= 11 is 3.45. The van der Waals surface area contributed by atoms with Crippen LogP contribution in [0.2, 0.25) is 0 Å². The topological polar surface area (TPSA) is 43.6 Å². The third-order valence-electron chi connectivity index (χ3n) is 2.85. The van der Waals surface area contributed by atoms with E-state index in [1.807, 2.05) is 24.5 Å². The molecule has 0 unspecified atom stereocenters. The summed E-state index contributed by atoms with van der Waals surface area (Å²) in [6.07, 6.45) is 1.80. The van der Waals surface area contributed by atoms with Gasteiger partial charge in [0.1, 0.15) is 22.6 Å². The van der Waals surface area contributed by atoms with Crippen molar-refractivity contribution in [2.45, 2.75) is 40.0 Å². The van der Waals surface area contributed by atoms with E-state index in [2.05, 4.69) is 51.7 Å². The van der Waals surface area contributed by atoms with Crippen molar-refractivity contribution in [3.8, 4) is 5.82 Å². The fourth-order valence-electron chi connectivity index (χ4n) is 1.59. The molecule has 0 aliphatic rings.